The predicted molar refractivity (Wildman–Crippen MR) is 169 cm³/mol. The SMILES string of the molecule is CCOC(=O)CC1OB(O)c2cc(Oc3nnc(N)s3)cc(C)c21.Cc1cc(Oc2nnc(N)s2)cc2c1C(CC(=O)O)OB2O.[Li+].[OH-]. The van der Waals surface area contributed by atoms with Crippen LogP contribution in [0.3, 0.4) is 0 Å². The molecule has 0 spiro atoms. The van der Waals surface area contributed by atoms with Crippen molar-refractivity contribution in [1.82, 2.24) is 20.4 Å². The average molecular weight is 694 g/mol. The fraction of sp³-hybridized carbons (Fsp3) is 0.308. The number of fused-ring (bicyclic) bond motifs is 2. The van der Waals surface area contributed by atoms with E-state index in [1.165, 1.54) is 0 Å². The zero-order valence-electron chi connectivity index (χ0n) is 26.1. The van der Waals surface area contributed by atoms with Crippen molar-refractivity contribution < 1.29 is 72.6 Å². The van der Waals surface area contributed by atoms with Gasteiger partial charge >= 0.3 is 55.4 Å². The summed E-state index contributed by atoms with van der Waals surface area (Å²) in [6, 6.07) is 6.78. The van der Waals surface area contributed by atoms with E-state index in [9.17, 15) is 19.6 Å². The summed E-state index contributed by atoms with van der Waals surface area (Å²) in [6.45, 7) is 5.71. The molecule has 2 aliphatic heterocycles. The quantitative estimate of drug-likeness (QED) is 0.0956. The molecular weight excluding hydrogens is 665 g/mol. The van der Waals surface area contributed by atoms with Gasteiger partial charge in [-0.25, -0.2) is 0 Å². The fourth-order valence-electron chi connectivity index (χ4n) is 5.14. The van der Waals surface area contributed by atoms with Crippen molar-refractivity contribution in [3.8, 4) is 21.9 Å². The van der Waals surface area contributed by atoms with Gasteiger partial charge < -0.3 is 55.6 Å². The van der Waals surface area contributed by atoms with Gasteiger partial charge in [-0.3, -0.25) is 9.59 Å². The van der Waals surface area contributed by atoms with E-state index in [0.29, 0.717) is 44.9 Å². The zero-order valence-corrected chi connectivity index (χ0v) is 27.8. The Morgan fingerprint density at radius 3 is 1.65 bits per heavy atom. The molecule has 8 N–H and O–H groups in total. The first-order valence-electron chi connectivity index (χ1n) is 13.8. The number of aliphatic carboxylic acids is 1. The molecule has 0 fully saturated rings. The van der Waals surface area contributed by atoms with Crippen molar-refractivity contribution in [3.05, 3.63) is 46.5 Å². The van der Waals surface area contributed by atoms with Gasteiger partial charge in [0.1, 0.15) is 11.5 Å². The first kappa shape index (κ1) is 38.7. The molecule has 2 aromatic heterocycles. The van der Waals surface area contributed by atoms with Gasteiger partial charge in [-0.05, 0) is 101 Å². The second-order valence-corrected chi connectivity index (χ2v) is 12.0. The number of carboxylic acid groups (broad SMARTS) is 1. The number of ether oxygens (including phenoxy) is 3. The number of carbonyl (C=O) groups is 2. The minimum atomic E-state index is -1.18. The number of carbonyl (C=O) groups excluding carboxylic acids is 1. The summed E-state index contributed by atoms with van der Waals surface area (Å²) in [6.07, 6.45) is -1.38. The molecule has 4 heterocycles. The summed E-state index contributed by atoms with van der Waals surface area (Å²) >= 11 is 2.21. The Balaban J connectivity index is 0.000000251. The number of anilines is 2. The van der Waals surface area contributed by atoms with Crippen LogP contribution in [-0.2, 0) is 23.6 Å². The number of rotatable bonds is 9. The third-order valence-electron chi connectivity index (χ3n) is 6.82. The number of aromatic nitrogens is 4. The number of benzene rings is 2. The molecule has 0 aliphatic carbocycles. The third kappa shape index (κ3) is 9.02. The molecule has 17 nitrogen and oxygen atoms in total. The Hall–Kier alpha value is -3.77. The Labute approximate surface area is 294 Å². The zero-order chi connectivity index (χ0) is 33.1. The first-order valence-corrected chi connectivity index (χ1v) is 15.4. The number of nitrogens with two attached hydrogens (primary N) is 2. The van der Waals surface area contributed by atoms with Crippen LogP contribution < -0.4 is 50.7 Å². The van der Waals surface area contributed by atoms with Gasteiger partial charge in [0.05, 0.1) is 31.7 Å². The Bertz CT molecular complexity index is 1770. The second kappa shape index (κ2) is 16.6. The number of hydrogen-bond acceptors (Lipinski definition) is 18. The van der Waals surface area contributed by atoms with Gasteiger partial charge in [0.15, 0.2) is 0 Å². The van der Waals surface area contributed by atoms with E-state index < -0.39 is 32.4 Å². The molecule has 2 unspecified atom stereocenters. The monoisotopic (exact) mass is 694 g/mol. The molecule has 0 saturated heterocycles. The summed E-state index contributed by atoms with van der Waals surface area (Å²) in [5.41, 5.74) is 15.1. The average Bonchev–Trinajstić information content (AvgIpc) is 3.72. The van der Waals surface area contributed by atoms with Crippen LogP contribution >= 0.6 is 22.7 Å². The molecule has 48 heavy (non-hydrogen) atoms. The molecule has 0 bridgehead atoms. The molecule has 6 rings (SSSR count). The number of esters is 1. The number of carboxylic acids is 1. The van der Waals surface area contributed by atoms with Gasteiger partial charge in [-0.2, -0.15) is 0 Å². The van der Waals surface area contributed by atoms with Crippen LogP contribution in [0.2, 0.25) is 0 Å². The largest absolute Gasteiger partial charge is 1.00 e. The van der Waals surface area contributed by atoms with E-state index in [-0.39, 0.29) is 53.5 Å². The second-order valence-electron chi connectivity index (χ2n) is 10.1. The molecule has 2 aromatic carbocycles. The Morgan fingerprint density at radius 2 is 1.27 bits per heavy atom. The molecule has 2 atom stereocenters. The fourth-order valence-corrected chi connectivity index (χ4v) is 6.10. The molecular formula is C26H29B2LiN6O11S2. The van der Waals surface area contributed by atoms with Crippen molar-refractivity contribution in [2.24, 2.45) is 0 Å². The Kier molecular flexibility index (Phi) is 13.3. The minimum Gasteiger partial charge on any atom is -0.870 e. The topological polar surface area (TPSA) is 275 Å². The molecule has 4 aromatic rings. The maximum Gasteiger partial charge on any atom is 1.00 e. The summed E-state index contributed by atoms with van der Waals surface area (Å²) in [7, 11) is -2.30. The van der Waals surface area contributed by atoms with E-state index in [2.05, 4.69) is 20.4 Å². The van der Waals surface area contributed by atoms with Crippen LogP contribution in [0.25, 0.3) is 0 Å². The van der Waals surface area contributed by atoms with E-state index in [0.717, 1.165) is 39.4 Å². The summed E-state index contributed by atoms with van der Waals surface area (Å²) in [5, 5.41) is 45.1. The van der Waals surface area contributed by atoms with Crippen LogP contribution in [0, 0.1) is 13.8 Å². The maximum absolute atomic E-state index is 11.7. The van der Waals surface area contributed by atoms with Gasteiger partial charge in [-0.1, -0.05) is 10.2 Å². The standard InChI is InChI=1S/C14H16BN3O5S.C12H12BN3O5S.Li.H2O/c1-3-21-11(19)6-10-12-7(2)4-8(5-9(12)15(20)23-10)22-14-18-17-13(16)24-14;1-5-2-6(20-12-16-15-11(14)22-12)3-7-10(5)8(4-9(17)18)21-13(7)19;;/h4-5,10,20H,3,6H2,1-2H3,(H2,16,17);2-3,8,19H,4H2,1H3,(H2,14,15)(H,17,18);;1H2/q;;+1;/p-1. The summed E-state index contributed by atoms with van der Waals surface area (Å²) < 4.78 is 26.9. The van der Waals surface area contributed by atoms with Crippen molar-refractivity contribution in [1.29, 1.82) is 0 Å². The van der Waals surface area contributed by atoms with E-state index >= 15 is 0 Å². The van der Waals surface area contributed by atoms with Gasteiger partial charge in [0.25, 0.3) is 0 Å². The van der Waals surface area contributed by atoms with Crippen LogP contribution in [0.15, 0.2) is 24.3 Å². The van der Waals surface area contributed by atoms with E-state index in [1.54, 1.807) is 38.1 Å². The van der Waals surface area contributed by atoms with Crippen LogP contribution in [0.1, 0.15) is 54.2 Å². The van der Waals surface area contributed by atoms with Crippen LogP contribution in [0.4, 0.5) is 10.3 Å². The van der Waals surface area contributed by atoms with Crippen LogP contribution in [0.5, 0.6) is 21.9 Å². The number of nitrogens with zero attached hydrogens (tertiary/aromatic N) is 4. The van der Waals surface area contributed by atoms with Crippen molar-refractivity contribution in [2.45, 2.75) is 45.8 Å². The third-order valence-corrected chi connectivity index (χ3v) is 8.08. The predicted octanol–water partition coefficient (Wildman–Crippen LogP) is -1.79. The molecule has 0 amide bonds. The molecule has 0 radical (unpaired) electrons. The molecule has 248 valence electrons. The number of nitrogen functional groups attached to an aromatic ring is 2. The van der Waals surface area contributed by atoms with Gasteiger partial charge in [-0.15, -0.1) is 10.2 Å². The smallest absolute Gasteiger partial charge is 0.870 e. The van der Waals surface area contributed by atoms with E-state index in [4.69, 9.17) is 40.1 Å². The van der Waals surface area contributed by atoms with Crippen molar-refractivity contribution in [3.63, 3.8) is 0 Å². The molecule has 0 saturated carbocycles. The summed E-state index contributed by atoms with van der Waals surface area (Å²) in [4.78, 5) is 22.6. The van der Waals surface area contributed by atoms with Crippen molar-refractivity contribution >= 4 is 70.0 Å². The Morgan fingerprint density at radius 1 is 0.833 bits per heavy atom. The van der Waals surface area contributed by atoms with Crippen molar-refractivity contribution in [2.75, 3.05) is 18.1 Å². The maximum atomic E-state index is 11.7. The first-order chi connectivity index (χ1) is 21.9. The minimum absolute atomic E-state index is 0. The number of aryl methyl sites for hydroxylation is 2. The van der Waals surface area contributed by atoms with E-state index in [1.807, 2.05) is 6.92 Å². The number of hydrogen-bond donors (Lipinski definition) is 5. The molecule has 2 aliphatic rings. The molecule has 22 heteroatoms. The van der Waals surface area contributed by atoms with Gasteiger partial charge in [0, 0.05) is 0 Å². The summed E-state index contributed by atoms with van der Waals surface area (Å²) in [5.74, 6) is -0.423. The van der Waals surface area contributed by atoms with Crippen LogP contribution in [-0.4, -0.2) is 73.8 Å². The van der Waals surface area contributed by atoms with Gasteiger partial charge in [0.2, 0.25) is 10.3 Å². The normalized spacial score (nSPS) is 15.7.